The lowest BCUT2D eigenvalue weighted by molar-refractivity contribution is 0.0813. The SMILES string of the molecule is Cc1nc(-c2cnn(C)c2)oc1C(=O)N1CC2(CCCC2)CS1(=O)=O. The number of hydrogen-bond donors (Lipinski definition) is 0. The molecule has 1 saturated heterocycles. The van der Waals surface area contributed by atoms with Gasteiger partial charge < -0.3 is 4.42 Å². The van der Waals surface area contributed by atoms with Gasteiger partial charge in [0.2, 0.25) is 21.7 Å². The Kier molecular flexibility index (Phi) is 3.54. The first kappa shape index (κ1) is 16.3. The third kappa shape index (κ3) is 2.66. The first-order chi connectivity index (χ1) is 11.8. The van der Waals surface area contributed by atoms with Crippen molar-refractivity contribution in [2.24, 2.45) is 12.5 Å². The van der Waals surface area contributed by atoms with Crippen LogP contribution in [-0.4, -0.2) is 45.7 Å². The Morgan fingerprint density at radius 2 is 2.04 bits per heavy atom. The zero-order chi connectivity index (χ0) is 17.8. The lowest BCUT2D eigenvalue weighted by Gasteiger charge is -2.20. The van der Waals surface area contributed by atoms with Crippen LogP contribution >= 0.6 is 0 Å². The summed E-state index contributed by atoms with van der Waals surface area (Å²) in [6.45, 7) is 1.89. The van der Waals surface area contributed by atoms with E-state index in [0.717, 1.165) is 30.0 Å². The highest BCUT2D eigenvalue weighted by Crippen LogP contribution is 2.45. The zero-order valence-electron chi connectivity index (χ0n) is 14.2. The van der Waals surface area contributed by atoms with Crippen LogP contribution in [-0.2, 0) is 17.1 Å². The van der Waals surface area contributed by atoms with Gasteiger partial charge in [0.25, 0.3) is 0 Å². The molecule has 2 aromatic heterocycles. The average Bonchev–Trinajstić information content (AvgIpc) is 3.28. The van der Waals surface area contributed by atoms with Crippen molar-refractivity contribution in [3.8, 4) is 11.5 Å². The van der Waals surface area contributed by atoms with Crippen LogP contribution in [0.15, 0.2) is 16.8 Å². The maximum absolute atomic E-state index is 12.9. The molecule has 1 saturated carbocycles. The molecule has 0 aromatic carbocycles. The fraction of sp³-hybridized carbons (Fsp3) is 0.562. The zero-order valence-corrected chi connectivity index (χ0v) is 15.0. The largest absolute Gasteiger partial charge is 0.430 e. The van der Waals surface area contributed by atoms with E-state index < -0.39 is 15.9 Å². The van der Waals surface area contributed by atoms with E-state index in [4.69, 9.17) is 4.42 Å². The molecule has 1 amide bonds. The number of sulfonamides is 1. The number of rotatable bonds is 2. The van der Waals surface area contributed by atoms with Crippen LogP contribution in [0.3, 0.4) is 0 Å². The van der Waals surface area contributed by atoms with Crippen molar-refractivity contribution in [3.63, 3.8) is 0 Å². The van der Waals surface area contributed by atoms with Crippen LogP contribution in [0.4, 0.5) is 0 Å². The Balaban J connectivity index is 1.66. The molecule has 0 bridgehead atoms. The molecule has 0 atom stereocenters. The van der Waals surface area contributed by atoms with Gasteiger partial charge in [-0.15, -0.1) is 0 Å². The van der Waals surface area contributed by atoms with Gasteiger partial charge >= 0.3 is 5.91 Å². The minimum atomic E-state index is -3.61. The Hall–Kier alpha value is -2.16. The molecule has 8 nitrogen and oxygen atoms in total. The maximum Gasteiger partial charge on any atom is 0.305 e. The third-order valence-electron chi connectivity index (χ3n) is 5.14. The Bertz CT molecular complexity index is 937. The van der Waals surface area contributed by atoms with Crippen molar-refractivity contribution in [1.82, 2.24) is 19.1 Å². The molecule has 25 heavy (non-hydrogen) atoms. The van der Waals surface area contributed by atoms with Crippen LogP contribution in [0.1, 0.15) is 41.9 Å². The van der Waals surface area contributed by atoms with Crippen molar-refractivity contribution >= 4 is 15.9 Å². The number of nitrogens with zero attached hydrogens (tertiary/aromatic N) is 4. The first-order valence-corrected chi connectivity index (χ1v) is 9.92. The molecule has 0 N–H and O–H groups in total. The molecule has 1 spiro atoms. The van der Waals surface area contributed by atoms with E-state index in [-0.39, 0.29) is 29.4 Å². The molecule has 2 aliphatic rings. The molecule has 2 fully saturated rings. The molecule has 9 heteroatoms. The number of hydrogen-bond acceptors (Lipinski definition) is 6. The van der Waals surface area contributed by atoms with E-state index in [0.29, 0.717) is 11.3 Å². The van der Waals surface area contributed by atoms with E-state index in [1.54, 1.807) is 31.0 Å². The van der Waals surface area contributed by atoms with Crippen LogP contribution in [0, 0.1) is 12.3 Å². The van der Waals surface area contributed by atoms with E-state index in [2.05, 4.69) is 10.1 Å². The standard InChI is InChI=1S/C16H20N4O4S/c1-11-13(24-14(18-11)12-7-17-19(2)8-12)15(21)20-9-16(5-3-4-6-16)10-25(20,22)23/h7-8H,3-6,9-10H2,1-2H3. The summed E-state index contributed by atoms with van der Waals surface area (Å²) in [5.41, 5.74) is 0.738. The van der Waals surface area contributed by atoms with Crippen LogP contribution < -0.4 is 0 Å². The van der Waals surface area contributed by atoms with Gasteiger partial charge in [-0.05, 0) is 19.8 Å². The van der Waals surface area contributed by atoms with Gasteiger partial charge in [-0.2, -0.15) is 5.10 Å². The molecule has 1 aliphatic carbocycles. The highest BCUT2D eigenvalue weighted by atomic mass is 32.2. The van der Waals surface area contributed by atoms with Crippen molar-refractivity contribution in [1.29, 1.82) is 0 Å². The lowest BCUT2D eigenvalue weighted by atomic mass is 9.89. The van der Waals surface area contributed by atoms with E-state index in [9.17, 15) is 13.2 Å². The van der Waals surface area contributed by atoms with Crippen molar-refractivity contribution < 1.29 is 17.6 Å². The van der Waals surface area contributed by atoms with E-state index in [1.165, 1.54) is 0 Å². The summed E-state index contributed by atoms with van der Waals surface area (Å²) in [5, 5.41) is 4.05. The maximum atomic E-state index is 12.9. The van der Waals surface area contributed by atoms with Crippen LogP contribution in [0.25, 0.3) is 11.5 Å². The predicted octanol–water partition coefficient (Wildman–Crippen LogP) is 1.73. The number of carbonyl (C=O) groups excluding carboxylic acids is 1. The Morgan fingerprint density at radius 3 is 2.68 bits per heavy atom. The summed E-state index contributed by atoms with van der Waals surface area (Å²) < 4.78 is 33.3. The number of aryl methyl sites for hydroxylation is 2. The van der Waals surface area contributed by atoms with Gasteiger partial charge in [0.05, 0.1) is 23.2 Å². The summed E-state index contributed by atoms with van der Waals surface area (Å²) >= 11 is 0. The highest BCUT2D eigenvalue weighted by molar-refractivity contribution is 7.89. The lowest BCUT2D eigenvalue weighted by Crippen LogP contribution is -2.34. The molecule has 4 rings (SSSR count). The second kappa shape index (κ2) is 5.42. The summed E-state index contributed by atoms with van der Waals surface area (Å²) in [7, 11) is -1.85. The Labute approximate surface area is 145 Å². The Morgan fingerprint density at radius 1 is 1.32 bits per heavy atom. The summed E-state index contributed by atoms with van der Waals surface area (Å²) in [4.78, 5) is 17.1. The van der Waals surface area contributed by atoms with E-state index >= 15 is 0 Å². The number of amides is 1. The molecule has 1 aliphatic heterocycles. The minimum Gasteiger partial charge on any atom is -0.430 e. The van der Waals surface area contributed by atoms with Crippen LogP contribution in [0.2, 0.25) is 0 Å². The predicted molar refractivity (Wildman–Crippen MR) is 89.2 cm³/mol. The molecule has 2 aromatic rings. The van der Waals surface area contributed by atoms with Gasteiger partial charge in [-0.25, -0.2) is 17.7 Å². The molecular weight excluding hydrogens is 344 g/mol. The second-order valence-electron chi connectivity index (χ2n) is 7.11. The number of carbonyl (C=O) groups is 1. The number of aromatic nitrogens is 3. The van der Waals surface area contributed by atoms with Crippen molar-refractivity contribution in [2.75, 3.05) is 12.3 Å². The molecule has 134 valence electrons. The topological polar surface area (TPSA) is 98.3 Å². The normalized spacial score (nSPS) is 21.3. The quantitative estimate of drug-likeness (QED) is 0.805. The van der Waals surface area contributed by atoms with Gasteiger partial charge in [-0.1, -0.05) is 12.8 Å². The van der Waals surface area contributed by atoms with Crippen LogP contribution in [0.5, 0.6) is 0 Å². The van der Waals surface area contributed by atoms with Gasteiger partial charge in [0.1, 0.15) is 0 Å². The van der Waals surface area contributed by atoms with Gasteiger partial charge in [0, 0.05) is 25.2 Å². The van der Waals surface area contributed by atoms with Crippen molar-refractivity contribution in [3.05, 3.63) is 23.8 Å². The summed E-state index contributed by atoms with van der Waals surface area (Å²) in [6, 6.07) is 0. The first-order valence-electron chi connectivity index (χ1n) is 8.31. The second-order valence-corrected chi connectivity index (χ2v) is 9.00. The van der Waals surface area contributed by atoms with Gasteiger partial charge in [0.15, 0.2) is 0 Å². The van der Waals surface area contributed by atoms with E-state index in [1.807, 2.05) is 0 Å². The van der Waals surface area contributed by atoms with Gasteiger partial charge in [-0.3, -0.25) is 9.48 Å². The smallest absolute Gasteiger partial charge is 0.305 e. The molecule has 0 unspecified atom stereocenters. The molecular formula is C16H20N4O4S. The fourth-order valence-corrected chi connectivity index (χ4v) is 6.02. The van der Waals surface area contributed by atoms with Crippen molar-refractivity contribution in [2.45, 2.75) is 32.6 Å². The average molecular weight is 364 g/mol. The number of oxazole rings is 1. The molecule has 3 heterocycles. The highest BCUT2D eigenvalue weighted by Gasteiger charge is 2.51. The molecule has 0 radical (unpaired) electrons. The third-order valence-corrected chi connectivity index (χ3v) is 7.08. The fourth-order valence-electron chi connectivity index (χ4n) is 3.90. The minimum absolute atomic E-state index is 0.0162. The summed E-state index contributed by atoms with van der Waals surface area (Å²) in [5.74, 6) is -0.323. The monoisotopic (exact) mass is 364 g/mol. The summed E-state index contributed by atoms with van der Waals surface area (Å²) in [6.07, 6.45) is 7.05.